The van der Waals surface area contributed by atoms with Crippen molar-refractivity contribution in [1.29, 1.82) is 0 Å². The minimum atomic E-state index is 0.259. The Balaban J connectivity index is 3.11. The van der Waals surface area contributed by atoms with E-state index in [1.807, 2.05) is 0 Å². The minimum Gasteiger partial charge on any atom is -0.288 e. The van der Waals surface area contributed by atoms with Gasteiger partial charge >= 0.3 is 0 Å². The van der Waals surface area contributed by atoms with Gasteiger partial charge in [-0.3, -0.25) is 4.79 Å². The van der Waals surface area contributed by atoms with E-state index in [9.17, 15) is 4.79 Å². The van der Waals surface area contributed by atoms with Gasteiger partial charge in [-0.05, 0) is 12.3 Å². The zero-order chi connectivity index (χ0) is 14.3. The smallest absolute Gasteiger partial charge is 0.185 e. The first kappa shape index (κ1) is 19.0. The van der Waals surface area contributed by atoms with E-state index in [1.165, 1.54) is 82.4 Å². The van der Waals surface area contributed by atoms with Gasteiger partial charge in [0.2, 0.25) is 0 Å². The second kappa shape index (κ2) is 14.4. The highest BCUT2D eigenvalue weighted by atomic mass is 32.2. The monoisotopic (exact) mass is 286 g/mol. The van der Waals surface area contributed by atoms with E-state index in [0.29, 0.717) is 5.92 Å². The van der Waals surface area contributed by atoms with E-state index in [2.05, 4.69) is 13.8 Å². The fraction of sp³-hybridized carbons (Fsp3) is 0.941. The molecule has 0 saturated carbocycles. The van der Waals surface area contributed by atoms with Crippen LogP contribution < -0.4 is 0 Å². The molecule has 0 rings (SSSR count). The molecule has 0 aromatic carbocycles. The molecule has 0 bridgehead atoms. The molecule has 1 atom stereocenters. The van der Waals surface area contributed by atoms with Gasteiger partial charge in [-0.25, -0.2) is 0 Å². The van der Waals surface area contributed by atoms with Crippen LogP contribution in [-0.4, -0.2) is 10.9 Å². The van der Waals surface area contributed by atoms with Crippen LogP contribution in [0.15, 0.2) is 0 Å². The highest BCUT2D eigenvalue weighted by Gasteiger charge is 2.04. The number of hydrogen-bond acceptors (Lipinski definition) is 2. The van der Waals surface area contributed by atoms with Gasteiger partial charge < -0.3 is 0 Å². The lowest BCUT2D eigenvalue weighted by Gasteiger charge is -2.09. The Labute approximate surface area is 125 Å². The van der Waals surface area contributed by atoms with Crippen molar-refractivity contribution in [2.24, 2.45) is 5.92 Å². The maximum Gasteiger partial charge on any atom is 0.185 e. The topological polar surface area (TPSA) is 17.1 Å². The zero-order valence-corrected chi connectivity index (χ0v) is 14.2. The number of hydrogen-bond donors (Lipinski definition) is 0. The second-order valence-corrected chi connectivity index (χ2v) is 7.08. The van der Waals surface area contributed by atoms with Crippen LogP contribution in [0.3, 0.4) is 0 Å². The number of rotatable bonds is 13. The van der Waals surface area contributed by atoms with Gasteiger partial charge in [0.25, 0.3) is 0 Å². The summed E-state index contributed by atoms with van der Waals surface area (Å²) < 4.78 is 0. The molecule has 19 heavy (non-hydrogen) atoms. The van der Waals surface area contributed by atoms with Gasteiger partial charge in [0.1, 0.15) is 0 Å². The fourth-order valence-electron chi connectivity index (χ4n) is 2.32. The molecule has 114 valence electrons. The first-order chi connectivity index (χ1) is 9.16. The quantitative estimate of drug-likeness (QED) is 0.374. The molecule has 0 spiro atoms. The number of thioether (sulfide) groups is 1. The van der Waals surface area contributed by atoms with Crippen LogP contribution in [0.5, 0.6) is 0 Å². The van der Waals surface area contributed by atoms with E-state index >= 15 is 0 Å². The van der Waals surface area contributed by atoms with Crippen LogP contribution in [0.1, 0.15) is 91.4 Å². The zero-order valence-electron chi connectivity index (χ0n) is 13.4. The van der Waals surface area contributed by atoms with Crippen LogP contribution in [-0.2, 0) is 4.79 Å². The van der Waals surface area contributed by atoms with Crippen molar-refractivity contribution in [3.05, 3.63) is 0 Å². The number of carbonyl (C=O) groups excluding carboxylic acids is 1. The molecule has 0 saturated heterocycles. The SMILES string of the molecule is CCCCCCCCCCCCC(C)CSC(C)=O. The Morgan fingerprint density at radius 3 is 1.84 bits per heavy atom. The average molecular weight is 287 g/mol. The molecular weight excluding hydrogens is 252 g/mol. The van der Waals surface area contributed by atoms with E-state index in [0.717, 1.165) is 5.75 Å². The highest BCUT2D eigenvalue weighted by molar-refractivity contribution is 8.13. The predicted molar refractivity (Wildman–Crippen MR) is 88.8 cm³/mol. The standard InChI is InChI=1S/C17H34OS/c1-4-5-6-7-8-9-10-11-12-13-14-16(2)15-19-17(3)18/h16H,4-15H2,1-3H3. The number of unbranched alkanes of at least 4 members (excludes halogenated alkanes) is 9. The Morgan fingerprint density at radius 1 is 0.895 bits per heavy atom. The fourth-order valence-corrected chi connectivity index (χ4v) is 3.01. The van der Waals surface area contributed by atoms with Gasteiger partial charge in [-0.15, -0.1) is 0 Å². The lowest BCUT2D eigenvalue weighted by atomic mass is 10.0. The maximum atomic E-state index is 10.9. The summed E-state index contributed by atoms with van der Waals surface area (Å²) in [6.07, 6.45) is 15.3. The molecule has 1 unspecified atom stereocenters. The molecular formula is C17H34OS. The molecule has 0 heterocycles. The Bertz CT molecular complexity index is 203. The molecule has 2 heteroatoms. The van der Waals surface area contributed by atoms with E-state index in [4.69, 9.17) is 0 Å². The van der Waals surface area contributed by atoms with Gasteiger partial charge in [-0.2, -0.15) is 0 Å². The molecule has 0 aromatic rings. The third-order valence-electron chi connectivity index (χ3n) is 3.62. The van der Waals surface area contributed by atoms with E-state index in [1.54, 1.807) is 6.92 Å². The van der Waals surface area contributed by atoms with Gasteiger partial charge in [0.15, 0.2) is 5.12 Å². The highest BCUT2D eigenvalue weighted by Crippen LogP contribution is 2.17. The third kappa shape index (κ3) is 16.0. The average Bonchev–Trinajstić information content (AvgIpc) is 2.38. The van der Waals surface area contributed by atoms with Crippen molar-refractivity contribution in [3.63, 3.8) is 0 Å². The van der Waals surface area contributed by atoms with E-state index in [-0.39, 0.29) is 5.12 Å². The summed E-state index contributed by atoms with van der Waals surface area (Å²) in [6, 6.07) is 0. The summed E-state index contributed by atoms with van der Waals surface area (Å²) >= 11 is 1.48. The van der Waals surface area contributed by atoms with Crippen LogP contribution in [0.25, 0.3) is 0 Å². The Hall–Kier alpha value is 0.0200. The molecule has 0 radical (unpaired) electrons. The largest absolute Gasteiger partial charge is 0.288 e. The third-order valence-corrected chi connectivity index (χ3v) is 4.76. The van der Waals surface area contributed by atoms with Crippen molar-refractivity contribution >= 4 is 16.9 Å². The Morgan fingerprint density at radius 2 is 1.37 bits per heavy atom. The molecule has 0 aliphatic rings. The van der Waals surface area contributed by atoms with Crippen molar-refractivity contribution in [1.82, 2.24) is 0 Å². The summed E-state index contributed by atoms with van der Waals surface area (Å²) in [7, 11) is 0. The minimum absolute atomic E-state index is 0.259. The molecule has 0 aliphatic carbocycles. The molecule has 0 N–H and O–H groups in total. The summed E-state index contributed by atoms with van der Waals surface area (Å²) in [5, 5.41) is 0.259. The summed E-state index contributed by atoms with van der Waals surface area (Å²) in [5.74, 6) is 1.70. The first-order valence-electron chi connectivity index (χ1n) is 8.30. The van der Waals surface area contributed by atoms with Crippen molar-refractivity contribution in [2.45, 2.75) is 91.4 Å². The summed E-state index contributed by atoms with van der Waals surface area (Å²) in [5.41, 5.74) is 0. The van der Waals surface area contributed by atoms with Crippen LogP contribution in [0.4, 0.5) is 0 Å². The first-order valence-corrected chi connectivity index (χ1v) is 9.28. The summed E-state index contributed by atoms with van der Waals surface area (Å²) in [4.78, 5) is 10.9. The van der Waals surface area contributed by atoms with Crippen molar-refractivity contribution in [2.75, 3.05) is 5.75 Å². The van der Waals surface area contributed by atoms with Crippen LogP contribution in [0.2, 0.25) is 0 Å². The van der Waals surface area contributed by atoms with E-state index < -0.39 is 0 Å². The van der Waals surface area contributed by atoms with Gasteiger partial charge in [-0.1, -0.05) is 89.8 Å². The molecule has 0 aliphatic heterocycles. The summed E-state index contributed by atoms with van der Waals surface area (Å²) in [6.45, 7) is 6.21. The van der Waals surface area contributed by atoms with Crippen molar-refractivity contribution in [3.8, 4) is 0 Å². The molecule has 0 fully saturated rings. The van der Waals surface area contributed by atoms with Gasteiger partial charge in [0, 0.05) is 12.7 Å². The maximum absolute atomic E-state index is 10.9. The lowest BCUT2D eigenvalue weighted by molar-refractivity contribution is -0.109. The van der Waals surface area contributed by atoms with Crippen LogP contribution >= 0.6 is 11.8 Å². The van der Waals surface area contributed by atoms with Crippen molar-refractivity contribution < 1.29 is 4.79 Å². The Kier molecular flexibility index (Phi) is 14.4. The molecule has 1 nitrogen and oxygen atoms in total. The molecule has 0 amide bonds. The second-order valence-electron chi connectivity index (χ2n) is 5.88. The number of carbonyl (C=O) groups is 1. The normalized spacial score (nSPS) is 12.6. The molecule has 0 aromatic heterocycles. The predicted octanol–water partition coefficient (Wildman–Crippen LogP) is 6.21. The lowest BCUT2D eigenvalue weighted by Crippen LogP contribution is -2.00. The van der Waals surface area contributed by atoms with Crippen LogP contribution in [0, 0.1) is 5.92 Å². The van der Waals surface area contributed by atoms with Gasteiger partial charge in [0.05, 0.1) is 0 Å².